The summed E-state index contributed by atoms with van der Waals surface area (Å²) < 4.78 is 49.2. The molecule has 4 heterocycles. The second kappa shape index (κ2) is 7.00. The van der Waals surface area contributed by atoms with Crippen molar-refractivity contribution >= 4 is 5.91 Å². The van der Waals surface area contributed by atoms with Gasteiger partial charge in [-0.1, -0.05) is 0 Å². The van der Waals surface area contributed by atoms with Crippen LogP contribution in [0.3, 0.4) is 0 Å². The number of aromatic nitrogens is 4. The molecule has 2 atom stereocenters. The number of likely N-dealkylation sites (tertiary alicyclic amines) is 1. The number of alkyl halides is 3. The van der Waals surface area contributed by atoms with E-state index in [1.165, 1.54) is 10.8 Å². The fourth-order valence-corrected chi connectivity index (χ4v) is 4.07. The van der Waals surface area contributed by atoms with Gasteiger partial charge in [-0.3, -0.25) is 9.48 Å². The molecular weight excluding hydrogens is 403 g/mol. The van der Waals surface area contributed by atoms with E-state index in [-0.39, 0.29) is 18.1 Å². The first-order chi connectivity index (χ1) is 14.0. The van der Waals surface area contributed by atoms with Crippen molar-refractivity contribution in [3.8, 4) is 17.3 Å². The van der Waals surface area contributed by atoms with Gasteiger partial charge in [0.2, 0.25) is 17.4 Å². The number of fused-ring (bicyclic) bond motifs is 3. The van der Waals surface area contributed by atoms with E-state index in [0.29, 0.717) is 56.7 Å². The first-order valence-corrected chi connectivity index (χ1v) is 9.86. The molecule has 8 nitrogen and oxygen atoms in total. The van der Waals surface area contributed by atoms with Crippen LogP contribution in [0, 0.1) is 0 Å². The van der Waals surface area contributed by atoms with Gasteiger partial charge in [0.05, 0.1) is 30.2 Å². The predicted octanol–water partition coefficient (Wildman–Crippen LogP) is 2.48. The SMILES string of the molecule is CC(=O)N1CCC(Oc2cc3n(n2)C[C@H](C)n2c-3cnc2[C@@](C)(O)C(F)(F)F)CC1. The fourth-order valence-electron chi connectivity index (χ4n) is 4.07. The normalized spacial score (nSPS) is 21.7. The lowest BCUT2D eigenvalue weighted by molar-refractivity contribution is -0.262. The lowest BCUT2D eigenvalue weighted by Gasteiger charge is -2.31. The summed E-state index contributed by atoms with van der Waals surface area (Å²) in [7, 11) is 0. The lowest BCUT2D eigenvalue weighted by atomic mass is 10.0. The van der Waals surface area contributed by atoms with Gasteiger partial charge in [0.1, 0.15) is 6.10 Å². The summed E-state index contributed by atoms with van der Waals surface area (Å²) in [5, 5.41) is 14.6. The first kappa shape index (κ1) is 20.7. The van der Waals surface area contributed by atoms with Crippen LogP contribution in [0.25, 0.3) is 11.4 Å². The average Bonchev–Trinajstić information content (AvgIpc) is 3.25. The lowest BCUT2D eigenvalue weighted by Crippen LogP contribution is -2.42. The highest BCUT2D eigenvalue weighted by molar-refractivity contribution is 5.73. The molecule has 0 spiro atoms. The Balaban J connectivity index is 1.59. The van der Waals surface area contributed by atoms with Crippen LogP contribution in [0.2, 0.25) is 0 Å². The maximum absolute atomic E-state index is 13.4. The maximum atomic E-state index is 13.4. The van der Waals surface area contributed by atoms with Crippen LogP contribution in [0.15, 0.2) is 12.3 Å². The highest BCUT2D eigenvalue weighted by Gasteiger charge is 2.55. The molecule has 2 aromatic heterocycles. The average molecular weight is 427 g/mol. The van der Waals surface area contributed by atoms with E-state index in [1.54, 1.807) is 29.5 Å². The smallest absolute Gasteiger partial charge is 0.424 e. The summed E-state index contributed by atoms with van der Waals surface area (Å²) in [6.07, 6.45) is -2.23. The van der Waals surface area contributed by atoms with Gasteiger partial charge in [-0.25, -0.2) is 4.98 Å². The highest BCUT2D eigenvalue weighted by atomic mass is 19.4. The van der Waals surface area contributed by atoms with Gasteiger partial charge in [0.25, 0.3) is 0 Å². The Morgan fingerprint density at radius 3 is 2.53 bits per heavy atom. The van der Waals surface area contributed by atoms with Crippen LogP contribution in [0.5, 0.6) is 5.88 Å². The van der Waals surface area contributed by atoms with E-state index in [0.717, 1.165) is 0 Å². The van der Waals surface area contributed by atoms with Gasteiger partial charge >= 0.3 is 6.18 Å². The van der Waals surface area contributed by atoms with Crippen LogP contribution < -0.4 is 4.74 Å². The molecule has 0 aliphatic carbocycles. The number of hydrogen-bond acceptors (Lipinski definition) is 5. The highest BCUT2D eigenvalue weighted by Crippen LogP contribution is 2.42. The molecule has 2 aliphatic heterocycles. The Kier molecular flexibility index (Phi) is 4.83. The van der Waals surface area contributed by atoms with Crippen molar-refractivity contribution in [2.75, 3.05) is 13.1 Å². The Morgan fingerprint density at radius 2 is 1.93 bits per heavy atom. The number of nitrogens with zero attached hydrogens (tertiary/aromatic N) is 5. The molecule has 1 fully saturated rings. The molecule has 11 heteroatoms. The molecule has 1 amide bonds. The van der Waals surface area contributed by atoms with E-state index in [2.05, 4.69) is 10.1 Å². The second-order valence-corrected chi connectivity index (χ2v) is 8.13. The number of hydrogen-bond donors (Lipinski definition) is 1. The fraction of sp³-hybridized carbons (Fsp3) is 0.632. The number of piperidine rings is 1. The van der Waals surface area contributed by atoms with Crippen molar-refractivity contribution in [2.45, 2.75) is 64.1 Å². The minimum Gasteiger partial charge on any atom is -0.473 e. The molecule has 1 saturated heterocycles. The van der Waals surface area contributed by atoms with Crippen LogP contribution in [0.1, 0.15) is 45.5 Å². The number of ether oxygens (including phenoxy) is 1. The minimum atomic E-state index is -4.85. The van der Waals surface area contributed by atoms with E-state index in [9.17, 15) is 23.1 Å². The molecule has 0 aromatic carbocycles. The molecule has 30 heavy (non-hydrogen) atoms. The molecule has 4 rings (SSSR count). The van der Waals surface area contributed by atoms with E-state index < -0.39 is 17.6 Å². The Bertz CT molecular complexity index is 957. The van der Waals surface area contributed by atoms with Gasteiger partial charge in [-0.05, 0) is 13.8 Å². The number of carbonyl (C=O) groups excluding carboxylic acids is 1. The Morgan fingerprint density at radius 1 is 1.27 bits per heavy atom. The third kappa shape index (κ3) is 3.34. The van der Waals surface area contributed by atoms with Crippen molar-refractivity contribution in [1.29, 1.82) is 0 Å². The minimum absolute atomic E-state index is 0.0405. The summed E-state index contributed by atoms with van der Waals surface area (Å²) in [5.41, 5.74) is -2.03. The summed E-state index contributed by atoms with van der Waals surface area (Å²) in [6.45, 7) is 5.57. The number of carbonyl (C=O) groups is 1. The van der Waals surface area contributed by atoms with Crippen LogP contribution >= 0.6 is 0 Å². The summed E-state index contributed by atoms with van der Waals surface area (Å²) in [5.74, 6) is -0.0139. The molecule has 0 unspecified atom stereocenters. The van der Waals surface area contributed by atoms with Crippen molar-refractivity contribution in [2.24, 2.45) is 0 Å². The molecule has 0 radical (unpaired) electrons. The second-order valence-electron chi connectivity index (χ2n) is 8.13. The number of rotatable bonds is 3. The maximum Gasteiger partial charge on any atom is 0.424 e. The zero-order valence-corrected chi connectivity index (χ0v) is 17.0. The number of aliphatic hydroxyl groups is 1. The largest absolute Gasteiger partial charge is 0.473 e. The Labute approximate surface area is 171 Å². The van der Waals surface area contributed by atoms with Gasteiger partial charge in [0, 0.05) is 38.9 Å². The zero-order valence-electron chi connectivity index (χ0n) is 17.0. The summed E-state index contributed by atoms with van der Waals surface area (Å²) >= 11 is 0. The summed E-state index contributed by atoms with van der Waals surface area (Å²) in [6, 6.07) is 1.30. The number of imidazole rings is 1. The molecule has 0 bridgehead atoms. The quantitative estimate of drug-likeness (QED) is 0.814. The summed E-state index contributed by atoms with van der Waals surface area (Å²) in [4.78, 5) is 17.1. The van der Waals surface area contributed by atoms with Gasteiger partial charge in [0.15, 0.2) is 5.82 Å². The van der Waals surface area contributed by atoms with Crippen LogP contribution in [-0.2, 0) is 16.9 Å². The molecular formula is C19H24F3N5O3. The van der Waals surface area contributed by atoms with E-state index >= 15 is 0 Å². The zero-order chi connectivity index (χ0) is 21.8. The number of amides is 1. The van der Waals surface area contributed by atoms with Crippen LogP contribution in [-0.4, -0.2) is 60.6 Å². The molecule has 0 saturated carbocycles. The third-order valence-corrected chi connectivity index (χ3v) is 5.86. The van der Waals surface area contributed by atoms with Gasteiger partial charge in [-0.15, -0.1) is 5.10 Å². The molecule has 2 aliphatic rings. The molecule has 2 aromatic rings. The number of halogens is 3. The monoisotopic (exact) mass is 427 g/mol. The van der Waals surface area contributed by atoms with Crippen molar-refractivity contribution in [3.05, 3.63) is 18.1 Å². The van der Waals surface area contributed by atoms with E-state index in [4.69, 9.17) is 4.74 Å². The van der Waals surface area contributed by atoms with Crippen LogP contribution in [0.4, 0.5) is 13.2 Å². The van der Waals surface area contributed by atoms with Gasteiger partial charge < -0.3 is 19.3 Å². The van der Waals surface area contributed by atoms with Crippen molar-refractivity contribution in [1.82, 2.24) is 24.2 Å². The first-order valence-electron chi connectivity index (χ1n) is 9.86. The van der Waals surface area contributed by atoms with Gasteiger partial charge in [-0.2, -0.15) is 13.2 Å². The predicted molar refractivity (Wildman–Crippen MR) is 99.7 cm³/mol. The topological polar surface area (TPSA) is 85.4 Å². The van der Waals surface area contributed by atoms with E-state index in [1.807, 2.05) is 0 Å². The molecule has 1 N–H and O–H groups in total. The van der Waals surface area contributed by atoms with Crippen molar-refractivity contribution < 1.29 is 27.8 Å². The molecule has 164 valence electrons. The van der Waals surface area contributed by atoms with Crippen molar-refractivity contribution in [3.63, 3.8) is 0 Å². The Hall–Kier alpha value is -2.56. The third-order valence-electron chi connectivity index (χ3n) is 5.86. The standard InChI is InChI=1S/C19H24F3N5O3/c1-11-10-26-14(15-9-23-17(27(11)15)18(3,29)19(20,21)22)8-16(24-26)30-13-4-6-25(7-5-13)12(2)28/h8-9,11,13,29H,4-7,10H2,1-3H3/t11-,18+/m0/s1.